The molecule has 10 heteroatoms. The fourth-order valence-electron chi connectivity index (χ4n) is 0.626. The molecule has 1 aromatic rings. The van der Waals surface area contributed by atoms with Gasteiger partial charge in [0, 0.05) is 12.1 Å². The molecule has 0 aliphatic heterocycles. The molecule has 0 bridgehead atoms. The summed E-state index contributed by atoms with van der Waals surface area (Å²) in [6.45, 7) is 0. The van der Waals surface area contributed by atoms with E-state index in [2.05, 4.69) is 5.73 Å². The van der Waals surface area contributed by atoms with Gasteiger partial charge in [-0.1, -0.05) is 0 Å². The molecule has 0 amide bonds. The molecule has 1 aromatic carbocycles. The molecule has 0 aliphatic carbocycles. The summed E-state index contributed by atoms with van der Waals surface area (Å²) in [5.74, 6) is 0.877. The second kappa shape index (κ2) is 4.67. The van der Waals surface area contributed by atoms with Crippen molar-refractivity contribution in [2.45, 2.75) is 0 Å². The Morgan fingerprint density at radius 1 is 0.941 bits per heavy atom. The Labute approximate surface area is 92.7 Å². The Morgan fingerprint density at radius 3 is 1.47 bits per heavy atom. The molecule has 0 atom stereocenters. The minimum absolute atomic E-state index is 0. The van der Waals surface area contributed by atoms with Gasteiger partial charge < -0.3 is 15.9 Å². The zero-order chi connectivity index (χ0) is 13.1. The summed E-state index contributed by atoms with van der Waals surface area (Å²) in [6.07, 6.45) is 0. The van der Waals surface area contributed by atoms with E-state index in [1.807, 2.05) is 24.3 Å². The van der Waals surface area contributed by atoms with Crippen molar-refractivity contribution in [1.29, 1.82) is 0 Å². The average Bonchev–Trinajstić information content (AvgIpc) is 2.00. The molecule has 0 aromatic heterocycles. The molecule has 0 saturated carbocycles. The van der Waals surface area contributed by atoms with Crippen LogP contribution in [0.2, 0.25) is 0 Å². The van der Waals surface area contributed by atoms with E-state index < -0.39 is 7.81 Å². The molecule has 0 radical (unpaired) electrons. The van der Waals surface area contributed by atoms with Crippen LogP contribution in [-0.2, 0) is 0 Å². The van der Waals surface area contributed by atoms with Crippen molar-refractivity contribution in [1.82, 2.24) is 0 Å². The number of halogens is 6. The number of rotatable bonds is 1. The van der Waals surface area contributed by atoms with Gasteiger partial charge in [0.05, 0.1) is 7.11 Å². The van der Waals surface area contributed by atoms with E-state index >= 15 is 0 Å². The molecule has 0 unspecified atom stereocenters. The van der Waals surface area contributed by atoms with E-state index in [0.717, 1.165) is 11.4 Å². The van der Waals surface area contributed by atoms with Crippen molar-refractivity contribution in [2.24, 2.45) is 0 Å². The Morgan fingerprint density at radius 2 is 1.24 bits per heavy atom. The van der Waals surface area contributed by atoms with Crippen LogP contribution >= 0.6 is 7.81 Å². The minimum atomic E-state index is -10.7. The molecule has 0 heterocycles. The predicted molar refractivity (Wildman–Crippen MR) is 52.7 cm³/mol. The number of methoxy groups -OCH3 is 1. The SMILES string of the molecule is COc1ccc([NH3+])cc1.F[P-](F)(F)(F)(F)F.O. The van der Waals surface area contributed by atoms with E-state index in [9.17, 15) is 25.2 Å². The maximum atomic E-state index is 9.87. The van der Waals surface area contributed by atoms with Crippen LogP contribution in [0.4, 0.5) is 30.9 Å². The van der Waals surface area contributed by atoms with Gasteiger partial charge in [-0.3, -0.25) is 0 Å². The Hall–Kier alpha value is -1.05. The summed E-state index contributed by atoms with van der Waals surface area (Å²) in [7, 11) is -9.01. The maximum absolute atomic E-state index is 10.7. The van der Waals surface area contributed by atoms with Crippen LogP contribution in [0.15, 0.2) is 24.3 Å². The number of ether oxygens (including phenoxy) is 1. The second-order valence-electron chi connectivity index (χ2n) is 2.81. The molecule has 0 aliphatic rings. The fourth-order valence-corrected chi connectivity index (χ4v) is 0.626. The summed E-state index contributed by atoms with van der Waals surface area (Å²) < 4.78 is 64.1. The smallest absolute Gasteiger partial charge is 0.412 e. The maximum Gasteiger partial charge on any atom is -0.412 e. The van der Waals surface area contributed by atoms with Gasteiger partial charge in [-0.25, -0.2) is 0 Å². The van der Waals surface area contributed by atoms with Crippen molar-refractivity contribution in [3.05, 3.63) is 24.3 Å². The first kappa shape index (κ1) is 18.3. The zero-order valence-electron chi connectivity index (χ0n) is 8.64. The first-order chi connectivity index (χ1) is 6.78. The number of benzene rings is 1. The molecule has 0 saturated heterocycles. The van der Waals surface area contributed by atoms with Gasteiger partial charge in [0.25, 0.3) is 0 Å². The van der Waals surface area contributed by atoms with Crippen LogP contribution in [0.25, 0.3) is 0 Å². The van der Waals surface area contributed by atoms with Crippen LogP contribution in [0.5, 0.6) is 5.75 Å². The largest absolute Gasteiger partial charge is 0.412 e. The summed E-state index contributed by atoms with van der Waals surface area (Å²) in [5.41, 5.74) is 4.75. The molecule has 0 spiro atoms. The molecule has 0 fully saturated rings. The molecule has 17 heavy (non-hydrogen) atoms. The summed E-state index contributed by atoms with van der Waals surface area (Å²) in [4.78, 5) is 0. The van der Waals surface area contributed by atoms with Gasteiger partial charge in [-0.15, -0.1) is 0 Å². The van der Waals surface area contributed by atoms with Crippen LogP contribution in [0.1, 0.15) is 0 Å². The number of quaternary nitrogens is 1. The van der Waals surface area contributed by atoms with Crippen LogP contribution < -0.4 is 10.5 Å². The van der Waals surface area contributed by atoms with Crippen LogP contribution in [-0.4, -0.2) is 12.6 Å². The van der Waals surface area contributed by atoms with Crippen molar-refractivity contribution in [2.75, 3.05) is 7.11 Å². The van der Waals surface area contributed by atoms with Gasteiger partial charge in [0.15, 0.2) is 0 Å². The third kappa shape index (κ3) is 20.9. The second-order valence-corrected chi connectivity index (χ2v) is 4.72. The topological polar surface area (TPSA) is 68.4 Å². The summed E-state index contributed by atoms with van der Waals surface area (Å²) in [6, 6.07) is 7.61. The molecule has 5 N–H and O–H groups in total. The fraction of sp³-hybridized carbons (Fsp3) is 0.143. The van der Waals surface area contributed by atoms with Crippen molar-refractivity contribution >= 4 is 13.5 Å². The number of hydrogen-bond donors (Lipinski definition) is 1. The van der Waals surface area contributed by atoms with E-state index in [0.29, 0.717) is 0 Å². The van der Waals surface area contributed by atoms with Gasteiger partial charge in [0.2, 0.25) is 0 Å². The number of hydrogen-bond acceptors (Lipinski definition) is 1. The van der Waals surface area contributed by atoms with Gasteiger partial charge in [-0.05, 0) is 12.1 Å². The van der Waals surface area contributed by atoms with E-state index in [-0.39, 0.29) is 5.48 Å². The summed E-state index contributed by atoms with van der Waals surface area (Å²) >= 11 is 0. The van der Waals surface area contributed by atoms with Gasteiger partial charge >= 0.3 is 33.0 Å². The third-order valence-electron chi connectivity index (χ3n) is 1.16. The normalized spacial score (nSPS) is 14.4. The summed E-state index contributed by atoms with van der Waals surface area (Å²) in [5, 5.41) is 0. The van der Waals surface area contributed by atoms with Gasteiger partial charge in [0.1, 0.15) is 11.4 Å². The van der Waals surface area contributed by atoms with Crippen LogP contribution in [0, 0.1) is 0 Å². The van der Waals surface area contributed by atoms with Crippen molar-refractivity contribution in [3.8, 4) is 5.75 Å². The molecular weight excluding hydrogens is 275 g/mol. The Balaban J connectivity index is 0. The molecular formula is C7H12F6NO2P. The third-order valence-corrected chi connectivity index (χ3v) is 1.16. The van der Waals surface area contributed by atoms with Crippen molar-refractivity contribution in [3.63, 3.8) is 0 Å². The van der Waals surface area contributed by atoms with Crippen LogP contribution in [0.3, 0.4) is 0 Å². The molecule has 104 valence electrons. The average molecular weight is 287 g/mol. The Kier molecular flexibility index (Phi) is 5.04. The van der Waals surface area contributed by atoms with E-state index in [4.69, 9.17) is 4.74 Å². The quantitative estimate of drug-likeness (QED) is 0.625. The van der Waals surface area contributed by atoms with Crippen molar-refractivity contribution < 1.29 is 41.1 Å². The molecule has 3 nitrogen and oxygen atoms in total. The van der Waals surface area contributed by atoms with E-state index in [1.165, 1.54) is 0 Å². The first-order valence-electron chi connectivity index (χ1n) is 3.80. The van der Waals surface area contributed by atoms with Gasteiger partial charge in [-0.2, -0.15) is 0 Å². The monoisotopic (exact) mass is 287 g/mol. The standard InChI is InChI=1S/C7H9NO.F6P.H2O/c1-9-7-4-2-6(8)3-5-7;1-7(2,3,4,5)6;/h2-5H,8H2,1H3;;1H2/q;-1;/p+1. The predicted octanol–water partition coefficient (Wildman–Crippen LogP) is 3.13. The minimum Gasteiger partial charge on any atom is -0.412 e. The van der Waals surface area contributed by atoms with E-state index in [1.54, 1.807) is 7.11 Å². The zero-order valence-corrected chi connectivity index (χ0v) is 9.53. The first-order valence-corrected chi connectivity index (χ1v) is 5.83. The molecule has 1 rings (SSSR count). The Bertz CT molecular complexity index is 336.